The van der Waals surface area contributed by atoms with Crippen LogP contribution in [0.1, 0.15) is 10.5 Å². The van der Waals surface area contributed by atoms with Crippen LogP contribution in [0.3, 0.4) is 0 Å². The lowest BCUT2D eigenvalue weighted by molar-refractivity contribution is -0.277. The summed E-state index contributed by atoms with van der Waals surface area (Å²) in [6.07, 6.45) is -5.40. The molecule has 2 aromatic rings. The molecule has 2 heterocycles. The Balaban J connectivity index is 1.70. The highest BCUT2D eigenvalue weighted by Crippen LogP contribution is 2.25. The molecule has 1 aliphatic rings. The van der Waals surface area contributed by atoms with Gasteiger partial charge in [-0.15, -0.1) is 5.10 Å². The standard InChI is InChI=1S/C16H19N3O8/c1-25-15(24)10-6-19(18-17-10)8-2-4-9(5-3-8)26-16-14(23)13(22)12(21)11(7-20)27-16/h2-6,11-14,16,20-23H,7H2,1H3/t11-,12-,13+,14+,16-/m1/s1. The molecule has 1 aromatic heterocycles. The number of methoxy groups -OCH3 is 1. The largest absolute Gasteiger partial charge is 0.464 e. The molecule has 1 aromatic carbocycles. The van der Waals surface area contributed by atoms with Crippen molar-refractivity contribution in [1.82, 2.24) is 15.0 Å². The zero-order valence-corrected chi connectivity index (χ0v) is 14.2. The summed E-state index contributed by atoms with van der Waals surface area (Å²) in [5.74, 6) is -0.305. The normalized spacial score (nSPS) is 28.0. The molecular weight excluding hydrogens is 362 g/mol. The van der Waals surface area contributed by atoms with Crippen LogP contribution >= 0.6 is 0 Å². The van der Waals surface area contributed by atoms with Crippen LogP contribution in [0.2, 0.25) is 0 Å². The van der Waals surface area contributed by atoms with E-state index in [0.29, 0.717) is 11.4 Å². The third-order valence-corrected chi connectivity index (χ3v) is 4.09. The summed E-state index contributed by atoms with van der Waals surface area (Å²) in [4.78, 5) is 11.4. The highest BCUT2D eigenvalue weighted by molar-refractivity contribution is 5.86. The Bertz CT molecular complexity index is 778. The van der Waals surface area contributed by atoms with E-state index in [1.165, 1.54) is 18.0 Å². The molecule has 3 rings (SSSR count). The van der Waals surface area contributed by atoms with E-state index in [2.05, 4.69) is 15.0 Å². The molecule has 1 aliphatic heterocycles. The summed E-state index contributed by atoms with van der Waals surface area (Å²) in [5.41, 5.74) is 0.637. The number of benzene rings is 1. The van der Waals surface area contributed by atoms with Crippen LogP contribution in [0, 0.1) is 0 Å². The van der Waals surface area contributed by atoms with E-state index in [4.69, 9.17) is 9.47 Å². The smallest absolute Gasteiger partial charge is 0.360 e. The van der Waals surface area contributed by atoms with Gasteiger partial charge in [0.25, 0.3) is 0 Å². The SMILES string of the molecule is COC(=O)c1cn(-c2ccc(O[C@@H]3O[C@H](CO)[C@@H](O)[C@H](O)[C@@H]3O)cc2)nn1. The van der Waals surface area contributed by atoms with Crippen molar-refractivity contribution in [1.29, 1.82) is 0 Å². The van der Waals surface area contributed by atoms with Gasteiger partial charge in [-0.1, -0.05) is 5.21 Å². The molecule has 0 aliphatic carbocycles. The average molecular weight is 381 g/mol. The second-order valence-corrected chi connectivity index (χ2v) is 5.85. The number of hydrogen-bond donors (Lipinski definition) is 4. The van der Waals surface area contributed by atoms with Crippen molar-refractivity contribution < 1.29 is 39.4 Å². The molecule has 1 fully saturated rings. The van der Waals surface area contributed by atoms with E-state index in [0.717, 1.165) is 0 Å². The second kappa shape index (κ2) is 7.98. The Kier molecular flexibility index (Phi) is 5.68. The van der Waals surface area contributed by atoms with Gasteiger partial charge in [-0.25, -0.2) is 9.48 Å². The molecule has 5 atom stereocenters. The van der Waals surface area contributed by atoms with E-state index in [1.807, 2.05) is 0 Å². The monoisotopic (exact) mass is 381 g/mol. The van der Waals surface area contributed by atoms with Gasteiger partial charge in [0.05, 0.1) is 25.6 Å². The molecule has 146 valence electrons. The Morgan fingerprint density at radius 2 is 1.89 bits per heavy atom. The molecule has 27 heavy (non-hydrogen) atoms. The molecule has 0 amide bonds. The molecule has 0 spiro atoms. The van der Waals surface area contributed by atoms with Gasteiger partial charge in [-0.2, -0.15) is 0 Å². The number of ether oxygens (including phenoxy) is 3. The van der Waals surface area contributed by atoms with Gasteiger partial charge in [-0.3, -0.25) is 0 Å². The zero-order valence-electron chi connectivity index (χ0n) is 14.2. The van der Waals surface area contributed by atoms with Crippen LogP contribution < -0.4 is 4.74 Å². The van der Waals surface area contributed by atoms with Crippen molar-refractivity contribution in [3.8, 4) is 11.4 Å². The van der Waals surface area contributed by atoms with Crippen molar-refractivity contribution in [2.24, 2.45) is 0 Å². The van der Waals surface area contributed by atoms with Crippen LogP contribution in [0.4, 0.5) is 0 Å². The van der Waals surface area contributed by atoms with Crippen molar-refractivity contribution >= 4 is 5.97 Å². The fourth-order valence-corrected chi connectivity index (χ4v) is 2.56. The number of rotatable bonds is 5. The number of hydrogen-bond acceptors (Lipinski definition) is 10. The quantitative estimate of drug-likeness (QED) is 0.437. The minimum atomic E-state index is -1.52. The first kappa shape index (κ1) is 19.2. The number of carbonyl (C=O) groups excluding carboxylic acids is 1. The van der Waals surface area contributed by atoms with Gasteiger partial charge in [-0.05, 0) is 24.3 Å². The third kappa shape index (κ3) is 3.91. The molecule has 0 radical (unpaired) electrons. The molecule has 0 bridgehead atoms. The molecule has 11 heteroatoms. The van der Waals surface area contributed by atoms with Gasteiger partial charge >= 0.3 is 5.97 Å². The highest BCUT2D eigenvalue weighted by Gasteiger charge is 2.44. The van der Waals surface area contributed by atoms with Crippen LogP contribution in [0.5, 0.6) is 5.75 Å². The molecule has 1 saturated heterocycles. The van der Waals surface area contributed by atoms with Crippen molar-refractivity contribution in [2.45, 2.75) is 30.7 Å². The van der Waals surface area contributed by atoms with Gasteiger partial charge in [0.15, 0.2) is 5.69 Å². The van der Waals surface area contributed by atoms with Crippen molar-refractivity contribution in [3.05, 3.63) is 36.2 Å². The third-order valence-electron chi connectivity index (χ3n) is 4.09. The summed E-state index contributed by atoms with van der Waals surface area (Å²) in [5, 5.41) is 46.2. The van der Waals surface area contributed by atoms with E-state index in [1.54, 1.807) is 24.3 Å². The fourth-order valence-electron chi connectivity index (χ4n) is 2.56. The van der Waals surface area contributed by atoms with Crippen LogP contribution in [-0.4, -0.2) is 85.8 Å². The number of aromatic nitrogens is 3. The topological polar surface area (TPSA) is 156 Å². The average Bonchev–Trinajstić information content (AvgIpc) is 3.18. The Labute approximate surface area is 153 Å². The first-order chi connectivity index (χ1) is 12.9. The molecule has 0 unspecified atom stereocenters. The fraction of sp³-hybridized carbons (Fsp3) is 0.438. The Morgan fingerprint density at radius 3 is 2.52 bits per heavy atom. The van der Waals surface area contributed by atoms with E-state index >= 15 is 0 Å². The first-order valence-corrected chi connectivity index (χ1v) is 8.03. The minimum Gasteiger partial charge on any atom is -0.464 e. The maximum atomic E-state index is 11.4. The van der Waals surface area contributed by atoms with E-state index in [9.17, 15) is 25.2 Å². The summed E-state index contributed by atoms with van der Waals surface area (Å²) in [6, 6.07) is 6.34. The predicted octanol–water partition coefficient (Wildman–Crippen LogP) is -1.77. The van der Waals surface area contributed by atoms with Gasteiger partial charge < -0.3 is 34.6 Å². The first-order valence-electron chi connectivity index (χ1n) is 8.03. The van der Waals surface area contributed by atoms with Gasteiger partial charge in [0.1, 0.15) is 30.2 Å². The molecule has 4 N–H and O–H groups in total. The van der Waals surface area contributed by atoms with Gasteiger partial charge in [0, 0.05) is 0 Å². The number of aliphatic hydroxyl groups excluding tert-OH is 4. The lowest BCUT2D eigenvalue weighted by atomic mass is 9.99. The molecular formula is C16H19N3O8. The lowest BCUT2D eigenvalue weighted by Gasteiger charge is -2.39. The summed E-state index contributed by atoms with van der Waals surface area (Å²) in [7, 11) is 1.24. The zero-order chi connectivity index (χ0) is 19.6. The number of nitrogens with zero attached hydrogens (tertiary/aromatic N) is 3. The Hall–Kier alpha value is -2.57. The summed E-state index contributed by atoms with van der Waals surface area (Å²) < 4.78 is 16.7. The number of esters is 1. The Morgan fingerprint density at radius 1 is 1.19 bits per heavy atom. The summed E-state index contributed by atoms with van der Waals surface area (Å²) >= 11 is 0. The van der Waals surface area contributed by atoms with Gasteiger partial charge in [0.2, 0.25) is 6.29 Å². The van der Waals surface area contributed by atoms with E-state index in [-0.39, 0.29) is 5.69 Å². The van der Waals surface area contributed by atoms with Crippen LogP contribution in [0.25, 0.3) is 5.69 Å². The maximum Gasteiger partial charge on any atom is 0.360 e. The predicted molar refractivity (Wildman–Crippen MR) is 87.1 cm³/mol. The van der Waals surface area contributed by atoms with Crippen LogP contribution in [0.15, 0.2) is 30.5 Å². The maximum absolute atomic E-state index is 11.4. The lowest BCUT2D eigenvalue weighted by Crippen LogP contribution is -2.60. The summed E-state index contributed by atoms with van der Waals surface area (Å²) in [6.45, 7) is -0.543. The van der Waals surface area contributed by atoms with Crippen molar-refractivity contribution in [3.63, 3.8) is 0 Å². The van der Waals surface area contributed by atoms with Crippen LogP contribution in [-0.2, 0) is 9.47 Å². The molecule has 11 nitrogen and oxygen atoms in total. The number of aliphatic hydroxyl groups is 4. The van der Waals surface area contributed by atoms with Crippen molar-refractivity contribution in [2.75, 3.05) is 13.7 Å². The minimum absolute atomic E-state index is 0.0548. The highest BCUT2D eigenvalue weighted by atomic mass is 16.7. The number of carbonyl (C=O) groups is 1. The van der Waals surface area contributed by atoms with E-state index < -0.39 is 43.3 Å². The molecule has 0 saturated carbocycles. The second-order valence-electron chi connectivity index (χ2n) is 5.85.